The van der Waals surface area contributed by atoms with Crippen LogP contribution in [0, 0.1) is 6.92 Å². The molecule has 8 heteroatoms. The van der Waals surface area contributed by atoms with Gasteiger partial charge in [0.25, 0.3) is 0 Å². The average molecular weight is 551 g/mol. The number of allylic oxidation sites excluding steroid dienone is 1. The van der Waals surface area contributed by atoms with Gasteiger partial charge in [0.05, 0.1) is 28.8 Å². The van der Waals surface area contributed by atoms with E-state index >= 15 is 0 Å². The highest BCUT2D eigenvalue weighted by Crippen LogP contribution is 2.49. The van der Waals surface area contributed by atoms with E-state index in [4.69, 9.17) is 21.1 Å². The Morgan fingerprint density at radius 1 is 1.00 bits per heavy atom. The summed E-state index contributed by atoms with van der Waals surface area (Å²) in [6.07, 6.45) is 4.62. The molecule has 1 amide bonds. The van der Waals surface area contributed by atoms with Gasteiger partial charge < -0.3 is 9.47 Å². The highest BCUT2D eigenvalue weighted by atomic mass is 35.5. The van der Waals surface area contributed by atoms with Crippen LogP contribution in [0.25, 0.3) is 21.6 Å². The molecule has 1 heterocycles. The van der Waals surface area contributed by atoms with Crippen LogP contribution in [0.5, 0.6) is 0 Å². The lowest BCUT2D eigenvalue weighted by molar-refractivity contribution is -0.143. The maximum atomic E-state index is 12.8. The minimum atomic E-state index is -0.512. The zero-order valence-corrected chi connectivity index (χ0v) is 23.4. The summed E-state index contributed by atoms with van der Waals surface area (Å²) in [7, 11) is 1.44. The lowest BCUT2D eigenvalue weighted by Crippen LogP contribution is -2.23. The number of rotatable bonds is 7. The van der Waals surface area contributed by atoms with Crippen LogP contribution in [0.15, 0.2) is 59.1 Å². The second kappa shape index (κ2) is 10.9. The van der Waals surface area contributed by atoms with Crippen molar-refractivity contribution in [2.45, 2.75) is 63.9 Å². The molecular weight excluding hydrogens is 520 g/mol. The van der Waals surface area contributed by atoms with Crippen molar-refractivity contribution in [2.75, 3.05) is 12.4 Å². The summed E-state index contributed by atoms with van der Waals surface area (Å²) in [5, 5.41) is 3.73. The van der Waals surface area contributed by atoms with E-state index in [1.165, 1.54) is 18.6 Å². The Morgan fingerprint density at radius 3 is 2.21 bits per heavy atom. The molecule has 2 aromatic carbocycles. The number of hydrogen-bond donors (Lipinski definition) is 1. The molecule has 5 rings (SSSR count). The Kier molecular flexibility index (Phi) is 7.59. The Labute approximate surface area is 232 Å². The normalized spacial score (nSPS) is 17.1. The standard InChI is InChI=1S/C30H31ClN2O4S/c1-18-26(32-29(35)37-19(2)24-6-4-5-7-25(24)31)27(38-33-18)22-10-8-20(9-11-22)21-12-14-23(15-13-21)30(16-17-30)28(34)36-3/h8-15,19H,4-7,16-17H2,1-3H3,(H,32,35). The molecule has 38 heavy (non-hydrogen) atoms. The van der Waals surface area contributed by atoms with Gasteiger partial charge in [-0.25, -0.2) is 4.79 Å². The van der Waals surface area contributed by atoms with Gasteiger partial charge in [-0.2, -0.15) is 4.37 Å². The van der Waals surface area contributed by atoms with E-state index in [9.17, 15) is 9.59 Å². The summed E-state index contributed by atoms with van der Waals surface area (Å²) in [5.41, 5.74) is 6.02. The number of hydrogen-bond acceptors (Lipinski definition) is 6. The van der Waals surface area contributed by atoms with E-state index in [-0.39, 0.29) is 12.1 Å². The Morgan fingerprint density at radius 2 is 1.61 bits per heavy atom. The summed E-state index contributed by atoms with van der Waals surface area (Å²) in [6, 6.07) is 16.3. The number of benzene rings is 2. The number of carbonyl (C=O) groups is 2. The first-order valence-corrected chi connectivity index (χ1v) is 14.1. The Bertz CT molecular complexity index is 1370. The first kappa shape index (κ1) is 26.4. The van der Waals surface area contributed by atoms with Crippen molar-refractivity contribution in [1.29, 1.82) is 0 Å². The van der Waals surface area contributed by atoms with Gasteiger partial charge >= 0.3 is 12.1 Å². The molecule has 1 saturated carbocycles. The van der Waals surface area contributed by atoms with Crippen LogP contribution in [0.2, 0.25) is 0 Å². The second-order valence-corrected chi connectivity index (χ2v) is 11.2. The molecule has 2 aliphatic carbocycles. The van der Waals surface area contributed by atoms with Crippen molar-refractivity contribution < 1.29 is 19.1 Å². The highest BCUT2D eigenvalue weighted by Gasteiger charge is 2.52. The number of aromatic nitrogens is 1. The van der Waals surface area contributed by atoms with E-state index in [1.807, 2.05) is 62.4 Å². The van der Waals surface area contributed by atoms with Gasteiger partial charge in [0.2, 0.25) is 0 Å². The second-order valence-electron chi connectivity index (χ2n) is 10.0. The van der Waals surface area contributed by atoms with Gasteiger partial charge in [-0.05, 0) is 91.7 Å². The predicted octanol–water partition coefficient (Wildman–Crippen LogP) is 7.99. The fourth-order valence-corrected chi connectivity index (χ4v) is 6.35. The molecule has 3 aromatic rings. The molecule has 1 fully saturated rings. The number of esters is 1. The van der Waals surface area contributed by atoms with Crippen molar-refractivity contribution in [3.63, 3.8) is 0 Å². The SMILES string of the molecule is COC(=O)C1(c2ccc(-c3ccc(-c4snc(C)c4NC(=O)OC(C)C4=C(Cl)CCCC4)cc3)cc2)CC1. The third-order valence-corrected chi connectivity index (χ3v) is 8.97. The topological polar surface area (TPSA) is 77.5 Å². The van der Waals surface area contributed by atoms with Crippen LogP contribution < -0.4 is 5.32 Å². The van der Waals surface area contributed by atoms with E-state index in [2.05, 4.69) is 9.69 Å². The van der Waals surface area contributed by atoms with Crippen LogP contribution in [0.4, 0.5) is 10.5 Å². The van der Waals surface area contributed by atoms with E-state index in [0.29, 0.717) is 5.69 Å². The smallest absolute Gasteiger partial charge is 0.412 e. The number of carbonyl (C=O) groups excluding carboxylic acids is 2. The van der Waals surface area contributed by atoms with Crippen LogP contribution in [0.1, 0.15) is 56.7 Å². The molecule has 0 bridgehead atoms. The zero-order chi connectivity index (χ0) is 26.9. The Hall–Kier alpha value is -3.16. The molecule has 1 aromatic heterocycles. The number of anilines is 1. The van der Waals surface area contributed by atoms with Crippen molar-refractivity contribution in [1.82, 2.24) is 4.37 Å². The monoisotopic (exact) mass is 550 g/mol. The van der Waals surface area contributed by atoms with E-state index in [0.717, 1.165) is 82.0 Å². The number of amides is 1. The molecule has 1 unspecified atom stereocenters. The molecule has 2 aliphatic rings. The van der Waals surface area contributed by atoms with Gasteiger partial charge in [0.1, 0.15) is 6.10 Å². The third kappa shape index (κ3) is 5.22. The zero-order valence-electron chi connectivity index (χ0n) is 21.8. The molecule has 0 aliphatic heterocycles. The number of ether oxygens (including phenoxy) is 2. The molecule has 198 valence electrons. The molecule has 0 radical (unpaired) electrons. The van der Waals surface area contributed by atoms with Crippen molar-refractivity contribution in [3.05, 3.63) is 70.4 Å². The van der Waals surface area contributed by atoms with Crippen molar-refractivity contribution in [2.24, 2.45) is 0 Å². The number of halogens is 1. The first-order valence-electron chi connectivity index (χ1n) is 12.9. The fourth-order valence-electron chi connectivity index (χ4n) is 5.12. The predicted molar refractivity (Wildman–Crippen MR) is 152 cm³/mol. The summed E-state index contributed by atoms with van der Waals surface area (Å²) in [4.78, 5) is 25.8. The number of aryl methyl sites for hydroxylation is 1. The lowest BCUT2D eigenvalue weighted by Gasteiger charge is -2.22. The van der Waals surface area contributed by atoms with Crippen molar-refractivity contribution >= 4 is 40.9 Å². The van der Waals surface area contributed by atoms with Crippen LogP contribution in [-0.4, -0.2) is 29.6 Å². The fraction of sp³-hybridized carbons (Fsp3) is 0.367. The molecule has 1 N–H and O–H groups in total. The quantitative estimate of drug-likeness (QED) is 0.301. The van der Waals surface area contributed by atoms with Crippen molar-refractivity contribution in [3.8, 4) is 21.6 Å². The van der Waals surface area contributed by atoms with Crippen LogP contribution >= 0.6 is 23.1 Å². The largest absolute Gasteiger partial charge is 0.468 e. The summed E-state index contributed by atoms with van der Waals surface area (Å²) >= 11 is 7.72. The Balaban J connectivity index is 1.29. The van der Waals surface area contributed by atoms with E-state index in [1.54, 1.807) is 0 Å². The summed E-state index contributed by atoms with van der Waals surface area (Å²) in [5.74, 6) is -0.160. The molecule has 6 nitrogen and oxygen atoms in total. The minimum absolute atomic E-state index is 0.160. The molecule has 0 spiro atoms. The summed E-state index contributed by atoms with van der Waals surface area (Å²) in [6.45, 7) is 3.74. The average Bonchev–Trinajstić information content (AvgIpc) is 3.67. The van der Waals surface area contributed by atoms with Crippen LogP contribution in [-0.2, 0) is 19.7 Å². The third-order valence-electron chi connectivity index (χ3n) is 7.55. The molecule has 1 atom stereocenters. The highest BCUT2D eigenvalue weighted by molar-refractivity contribution is 7.10. The number of nitrogens with one attached hydrogen (secondary N) is 1. The number of methoxy groups -OCH3 is 1. The van der Waals surface area contributed by atoms with Gasteiger partial charge in [-0.3, -0.25) is 10.1 Å². The van der Waals surface area contributed by atoms with Crippen LogP contribution in [0.3, 0.4) is 0 Å². The lowest BCUT2D eigenvalue weighted by atomic mass is 9.93. The molecule has 0 saturated heterocycles. The first-order chi connectivity index (χ1) is 18.3. The van der Waals surface area contributed by atoms with Gasteiger partial charge in [-0.15, -0.1) is 0 Å². The van der Waals surface area contributed by atoms with E-state index < -0.39 is 11.5 Å². The maximum Gasteiger partial charge on any atom is 0.412 e. The minimum Gasteiger partial charge on any atom is -0.468 e. The maximum absolute atomic E-state index is 12.8. The number of nitrogens with zero attached hydrogens (tertiary/aromatic N) is 1. The molecular formula is C30H31ClN2O4S. The van der Waals surface area contributed by atoms with Gasteiger partial charge in [0.15, 0.2) is 0 Å². The summed E-state index contributed by atoms with van der Waals surface area (Å²) < 4.78 is 15.1. The van der Waals surface area contributed by atoms with Gasteiger partial charge in [-0.1, -0.05) is 60.1 Å². The van der Waals surface area contributed by atoms with Gasteiger partial charge in [0, 0.05) is 5.03 Å².